The molecular formula is C22H31N5O4S. The summed E-state index contributed by atoms with van der Waals surface area (Å²) in [4.78, 5) is 26.8. The summed E-state index contributed by atoms with van der Waals surface area (Å²) in [5.74, 6) is 1.04. The van der Waals surface area contributed by atoms with Gasteiger partial charge in [0.15, 0.2) is 5.75 Å². The Bertz CT molecular complexity index is 892. The normalized spacial score (nSPS) is 15.5. The molecule has 9 nitrogen and oxygen atoms in total. The third-order valence-corrected chi connectivity index (χ3v) is 6.31. The first-order valence-corrected chi connectivity index (χ1v) is 11.6. The van der Waals surface area contributed by atoms with Crippen LogP contribution >= 0.6 is 11.3 Å². The van der Waals surface area contributed by atoms with E-state index in [0.717, 1.165) is 48.8 Å². The van der Waals surface area contributed by atoms with E-state index in [1.807, 2.05) is 24.3 Å². The molecule has 0 radical (unpaired) electrons. The molecule has 1 atom stereocenters. The fourth-order valence-electron chi connectivity index (χ4n) is 3.41. The summed E-state index contributed by atoms with van der Waals surface area (Å²) in [6.45, 7) is 9.33. The number of nitrogens with two attached hydrogens (primary N) is 1. The Hall–Kier alpha value is -2.82. The van der Waals surface area contributed by atoms with E-state index in [4.69, 9.17) is 15.2 Å². The van der Waals surface area contributed by atoms with Gasteiger partial charge in [0.05, 0.1) is 0 Å². The zero-order valence-corrected chi connectivity index (χ0v) is 19.3. The van der Waals surface area contributed by atoms with Crippen molar-refractivity contribution in [1.82, 2.24) is 15.5 Å². The molecule has 0 spiro atoms. The van der Waals surface area contributed by atoms with E-state index in [1.54, 1.807) is 6.07 Å². The van der Waals surface area contributed by atoms with Gasteiger partial charge in [-0.15, -0.1) is 11.3 Å². The van der Waals surface area contributed by atoms with Crippen molar-refractivity contribution in [2.75, 3.05) is 44.6 Å². The number of thiophene rings is 1. The van der Waals surface area contributed by atoms with E-state index in [2.05, 4.69) is 34.7 Å². The highest BCUT2D eigenvalue weighted by molar-refractivity contribution is 7.20. The van der Waals surface area contributed by atoms with Gasteiger partial charge in [0.2, 0.25) is 0 Å². The van der Waals surface area contributed by atoms with Crippen LogP contribution in [0.3, 0.4) is 0 Å². The fourth-order valence-corrected chi connectivity index (χ4v) is 4.41. The molecule has 3 amide bonds. The Morgan fingerprint density at radius 2 is 2.00 bits per heavy atom. The Kier molecular flexibility index (Phi) is 8.72. The van der Waals surface area contributed by atoms with Crippen molar-refractivity contribution < 1.29 is 19.1 Å². The number of primary amides is 1. The highest BCUT2D eigenvalue weighted by Gasteiger charge is 2.20. The minimum absolute atomic E-state index is 0.0300. The highest BCUT2D eigenvalue weighted by atomic mass is 32.1. The zero-order chi connectivity index (χ0) is 22.9. The molecule has 1 saturated heterocycles. The summed E-state index contributed by atoms with van der Waals surface area (Å²) in [5, 5.41) is 8.91. The van der Waals surface area contributed by atoms with Crippen molar-refractivity contribution in [2.24, 2.45) is 5.73 Å². The first-order chi connectivity index (χ1) is 15.5. The van der Waals surface area contributed by atoms with Crippen molar-refractivity contribution in [3.63, 3.8) is 0 Å². The topological polar surface area (TPSA) is 118 Å². The van der Waals surface area contributed by atoms with Crippen LogP contribution in [-0.2, 0) is 0 Å². The molecule has 3 rings (SSSR count). The molecule has 32 heavy (non-hydrogen) atoms. The van der Waals surface area contributed by atoms with Gasteiger partial charge in [0.25, 0.3) is 0 Å². The largest absolute Gasteiger partial charge is 0.492 e. The second kappa shape index (κ2) is 11.7. The van der Waals surface area contributed by atoms with Crippen LogP contribution in [0.5, 0.6) is 11.5 Å². The average Bonchev–Trinajstić information content (AvgIpc) is 3.41. The maximum absolute atomic E-state index is 12.3. The number of urea groups is 1. The van der Waals surface area contributed by atoms with Crippen molar-refractivity contribution in [3.8, 4) is 21.9 Å². The predicted octanol–water partition coefficient (Wildman–Crippen LogP) is 3.08. The van der Waals surface area contributed by atoms with Gasteiger partial charge in [-0.1, -0.05) is 13.8 Å². The maximum atomic E-state index is 12.3. The summed E-state index contributed by atoms with van der Waals surface area (Å²) < 4.78 is 11.3. The third-order valence-electron chi connectivity index (χ3n) is 5.23. The van der Waals surface area contributed by atoms with Gasteiger partial charge < -0.3 is 30.7 Å². The zero-order valence-electron chi connectivity index (χ0n) is 18.5. The SMILES string of the molecule is CCN(CC)CCOc1ccc(-c2cc(OC(=O)NC3CCNC3)c(NC(N)=O)s2)cc1. The van der Waals surface area contributed by atoms with Crippen molar-refractivity contribution in [2.45, 2.75) is 26.3 Å². The molecule has 10 heteroatoms. The van der Waals surface area contributed by atoms with Gasteiger partial charge >= 0.3 is 12.1 Å². The number of likely N-dealkylation sites (N-methyl/N-ethyl adjacent to an activating group) is 1. The number of amides is 3. The maximum Gasteiger partial charge on any atom is 0.412 e. The molecule has 1 fully saturated rings. The van der Waals surface area contributed by atoms with Gasteiger partial charge in [-0.2, -0.15) is 0 Å². The smallest absolute Gasteiger partial charge is 0.412 e. The number of carbonyl (C=O) groups excluding carboxylic acids is 2. The Morgan fingerprint density at radius 3 is 2.62 bits per heavy atom. The van der Waals surface area contributed by atoms with Crippen LogP contribution < -0.4 is 31.2 Å². The van der Waals surface area contributed by atoms with E-state index in [1.165, 1.54) is 11.3 Å². The monoisotopic (exact) mass is 461 g/mol. The number of benzene rings is 1. The molecule has 1 aromatic heterocycles. The molecule has 1 aliphatic heterocycles. The van der Waals surface area contributed by atoms with E-state index in [-0.39, 0.29) is 11.8 Å². The van der Waals surface area contributed by atoms with E-state index < -0.39 is 12.1 Å². The van der Waals surface area contributed by atoms with Gasteiger partial charge in [0.1, 0.15) is 17.4 Å². The number of rotatable bonds is 10. The van der Waals surface area contributed by atoms with Gasteiger partial charge in [-0.3, -0.25) is 5.32 Å². The second-order valence-electron chi connectivity index (χ2n) is 7.42. The van der Waals surface area contributed by atoms with Crippen LogP contribution in [0, 0.1) is 0 Å². The lowest BCUT2D eigenvalue weighted by Crippen LogP contribution is -2.38. The van der Waals surface area contributed by atoms with Crippen LogP contribution in [0.25, 0.3) is 10.4 Å². The van der Waals surface area contributed by atoms with E-state index in [9.17, 15) is 9.59 Å². The lowest BCUT2D eigenvalue weighted by Gasteiger charge is -2.18. The van der Waals surface area contributed by atoms with E-state index >= 15 is 0 Å². The minimum Gasteiger partial charge on any atom is -0.492 e. The molecule has 2 aromatic rings. The number of nitrogens with zero attached hydrogens (tertiary/aromatic N) is 1. The molecule has 1 aromatic carbocycles. The average molecular weight is 462 g/mol. The van der Waals surface area contributed by atoms with Crippen LogP contribution in [0.4, 0.5) is 14.6 Å². The number of hydrogen-bond acceptors (Lipinski definition) is 7. The van der Waals surface area contributed by atoms with Crippen LogP contribution in [0.2, 0.25) is 0 Å². The quantitative estimate of drug-likeness (QED) is 0.432. The molecule has 0 saturated carbocycles. The number of hydrogen-bond donors (Lipinski definition) is 4. The summed E-state index contributed by atoms with van der Waals surface area (Å²) in [6, 6.07) is 8.69. The Morgan fingerprint density at radius 1 is 1.25 bits per heavy atom. The van der Waals surface area contributed by atoms with Gasteiger partial charge in [-0.25, -0.2) is 9.59 Å². The number of anilines is 1. The Labute approximate surface area is 192 Å². The molecule has 2 heterocycles. The summed E-state index contributed by atoms with van der Waals surface area (Å²) in [6.07, 6.45) is 0.284. The molecule has 174 valence electrons. The number of nitrogens with one attached hydrogen (secondary N) is 3. The molecule has 5 N–H and O–H groups in total. The van der Waals surface area contributed by atoms with Crippen LogP contribution in [-0.4, -0.2) is 62.4 Å². The Balaban J connectivity index is 1.65. The lowest BCUT2D eigenvalue weighted by atomic mass is 10.2. The minimum atomic E-state index is -0.722. The van der Waals surface area contributed by atoms with Gasteiger partial charge in [-0.05, 0) is 55.9 Å². The summed E-state index contributed by atoms with van der Waals surface area (Å²) in [7, 11) is 0. The highest BCUT2D eigenvalue weighted by Crippen LogP contribution is 2.41. The second-order valence-corrected chi connectivity index (χ2v) is 8.47. The molecule has 1 aliphatic rings. The molecule has 0 bridgehead atoms. The predicted molar refractivity (Wildman–Crippen MR) is 127 cm³/mol. The third kappa shape index (κ3) is 6.84. The standard InChI is InChI=1S/C22H31N5O4S/c1-3-27(4-2)11-12-30-17-7-5-15(6-8-17)19-13-18(20(32-19)26-21(23)28)31-22(29)25-16-9-10-24-14-16/h5-8,13,16,24H,3-4,9-12,14H2,1-2H3,(H,25,29)(H3,23,26,28). The lowest BCUT2D eigenvalue weighted by molar-refractivity contribution is 0.197. The first kappa shape index (κ1) is 23.8. The van der Waals surface area contributed by atoms with Gasteiger partial charge in [0, 0.05) is 30.1 Å². The molecule has 0 aliphatic carbocycles. The fraction of sp³-hybridized carbons (Fsp3) is 0.455. The van der Waals surface area contributed by atoms with Crippen molar-refractivity contribution in [3.05, 3.63) is 30.3 Å². The summed E-state index contributed by atoms with van der Waals surface area (Å²) >= 11 is 1.28. The van der Waals surface area contributed by atoms with Crippen molar-refractivity contribution in [1.29, 1.82) is 0 Å². The first-order valence-electron chi connectivity index (χ1n) is 10.8. The van der Waals surface area contributed by atoms with Crippen LogP contribution in [0.1, 0.15) is 20.3 Å². The number of ether oxygens (including phenoxy) is 2. The number of carbonyl (C=O) groups is 2. The molecule has 1 unspecified atom stereocenters. The van der Waals surface area contributed by atoms with Crippen LogP contribution in [0.15, 0.2) is 30.3 Å². The molecular weight excluding hydrogens is 430 g/mol. The summed E-state index contributed by atoms with van der Waals surface area (Å²) in [5.41, 5.74) is 6.20. The van der Waals surface area contributed by atoms with E-state index in [0.29, 0.717) is 18.2 Å². The van der Waals surface area contributed by atoms with Crippen molar-refractivity contribution >= 4 is 28.5 Å².